The molecule has 1 aliphatic heterocycles. The molecule has 1 N–H and O–H groups in total. The second-order valence-corrected chi connectivity index (χ2v) is 7.50. The fraction of sp³-hybridized carbons (Fsp3) is 0.458. The topological polar surface area (TPSA) is 77.5 Å². The number of hydrogen-bond acceptors (Lipinski definition) is 6. The van der Waals surface area contributed by atoms with Gasteiger partial charge in [0.25, 0.3) is 0 Å². The van der Waals surface area contributed by atoms with Crippen LogP contribution in [0.4, 0.5) is 0 Å². The van der Waals surface area contributed by atoms with Gasteiger partial charge in [-0.25, -0.2) is 0 Å². The lowest BCUT2D eigenvalue weighted by Gasteiger charge is -2.38. The van der Waals surface area contributed by atoms with Crippen LogP contribution < -0.4 is 18.9 Å². The highest BCUT2D eigenvalue weighted by Crippen LogP contribution is 2.43. The number of carboxylic acid groups (broad SMARTS) is 1. The van der Waals surface area contributed by atoms with E-state index in [1.165, 1.54) is 0 Å². The van der Waals surface area contributed by atoms with Crippen LogP contribution in [0.5, 0.6) is 23.0 Å². The van der Waals surface area contributed by atoms with Crippen LogP contribution in [0.3, 0.4) is 0 Å². The fourth-order valence-electron chi connectivity index (χ4n) is 4.29. The SMILES string of the molecule is CCOc1ccc(C(c2cccc(OC)c2OC)N2CCCC(C(=O)O)C2)cc1OC. The molecular formula is C24H31NO6. The minimum Gasteiger partial charge on any atom is -0.493 e. The van der Waals surface area contributed by atoms with Crippen molar-refractivity contribution >= 4 is 5.97 Å². The Morgan fingerprint density at radius 2 is 1.87 bits per heavy atom. The van der Waals surface area contributed by atoms with E-state index in [1.54, 1.807) is 21.3 Å². The normalized spacial score (nSPS) is 17.6. The summed E-state index contributed by atoms with van der Waals surface area (Å²) in [6, 6.07) is 11.4. The number of carbonyl (C=O) groups is 1. The van der Waals surface area contributed by atoms with E-state index in [2.05, 4.69) is 4.90 Å². The predicted octanol–water partition coefficient (Wildman–Crippen LogP) is 4.00. The van der Waals surface area contributed by atoms with Gasteiger partial charge in [0, 0.05) is 12.1 Å². The quantitative estimate of drug-likeness (QED) is 0.646. The Kier molecular flexibility index (Phi) is 7.63. The molecule has 0 bridgehead atoms. The third kappa shape index (κ3) is 4.88. The summed E-state index contributed by atoms with van der Waals surface area (Å²) in [5, 5.41) is 9.63. The van der Waals surface area contributed by atoms with E-state index in [-0.39, 0.29) is 6.04 Å². The first kappa shape index (κ1) is 22.7. The van der Waals surface area contributed by atoms with Gasteiger partial charge in [-0.15, -0.1) is 0 Å². The first-order valence-electron chi connectivity index (χ1n) is 10.5. The molecule has 168 valence electrons. The molecule has 1 saturated heterocycles. The number of methoxy groups -OCH3 is 3. The highest BCUT2D eigenvalue weighted by atomic mass is 16.5. The summed E-state index contributed by atoms with van der Waals surface area (Å²) in [7, 11) is 4.84. The lowest BCUT2D eigenvalue weighted by Crippen LogP contribution is -2.41. The van der Waals surface area contributed by atoms with Crippen molar-refractivity contribution in [3.63, 3.8) is 0 Å². The van der Waals surface area contributed by atoms with Gasteiger partial charge in [0.05, 0.1) is 39.9 Å². The van der Waals surface area contributed by atoms with E-state index in [1.807, 2.05) is 43.3 Å². The van der Waals surface area contributed by atoms with Gasteiger partial charge < -0.3 is 24.1 Å². The summed E-state index contributed by atoms with van der Waals surface area (Å²) in [5.74, 6) is 1.42. The number of nitrogens with zero attached hydrogens (tertiary/aromatic N) is 1. The van der Waals surface area contributed by atoms with Crippen LogP contribution in [-0.2, 0) is 4.79 Å². The number of piperidine rings is 1. The Bertz CT molecular complexity index is 900. The van der Waals surface area contributed by atoms with Gasteiger partial charge in [0.2, 0.25) is 0 Å². The Balaban J connectivity index is 2.13. The molecule has 0 spiro atoms. The molecule has 31 heavy (non-hydrogen) atoms. The van der Waals surface area contributed by atoms with Gasteiger partial charge >= 0.3 is 5.97 Å². The number of carboxylic acids is 1. The number of para-hydroxylation sites is 1. The third-order valence-electron chi connectivity index (χ3n) is 5.70. The van der Waals surface area contributed by atoms with Crippen LogP contribution in [-0.4, -0.2) is 57.0 Å². The molecular weight excluding hydrogens is 398 g/mol. The minimum atomic E-state index is -0.759. The summed E-state index contributed by atoms with van der Waals surface area (Å²) < 4.78 is 22.5. The molecule has 0 aliphatic carbocycles. The smallest absolute Gasteiger partial charge is 0.307 e. The summed E-state index contributed by atoms with van der Waals surface area (Å²) >= 11 is 0. The summed E-state index contributed by atoms with van der Waals surface area (Å²) in [6.45, 7) is 3.70. The van der Waals surface area contributed by atoms with Gasteiger partial charge in [-0.1, -0.05) is 18.2 Å². The molecule has 2 aromatic rings. The second-order valence-electron chi connectivity index (χ2n) is 7.50. The lowest BCUT2D eigenvalue weighted by atomic mass is 9.90. The number of aliphatic carboxylic acids is 1. The van der Waals surface area contributed by atoms with Crippen LogP contribution in [0.2, 0.25) is 0 Å². The van der Waals surface area contributed by atoms with Crippen molar-refractivity contribution in [2.45, 2.75) is 25.8 Å². The maximum Gasteiger partial charge on any atom is 0.307 e. The van der Waals surface area contributed by atoms with Crippen LogP contribution in [0.1, 0.15) is 36.9 Å². The molecule has 7 nitrogen and oxygen atoms in total. The van der Waals surface area contributed by atoms with E-state index in [9.17, 15) is 9.90 Å². The van der Waals surface area contributed by atoms with E-state index in [0.717, 1.165) is 24.1 Å². The van der Waals surface area contributed by atoms with Crippen LogP contribution in [0, 0.1) is 5.92 Å². The molecule has 2 atom stereocenters. The van der Waals surface area contributed by atoms with Crippen molar-refractivity contribution in [3.05, 3.63) is 47.5 Å². The van der Waals surface area contributed by atoms with E-state index >= 15 is 0 Å². The zero-order chi connectivity index (χ0) is 22.4. The highest BCUT2D eigenvalue weighted by Gasteiger charge is 2.33. The van der Waals surface area contributed by atoms with Gasteiger partial charge in [-0.3, -0.25) is 9.69 Å². The molecule has 1 fully saturated rings. The molecule has 0 saturated carbocycles. The highest BCUT2D eigenvalue weighted by molar-refractivity contribution is 5.70. The van der Waals surface area contributed by atoms with Crippen molar-refractivity contribution in [1.29, 1.82) is 0 Å². The Hall–Kier alpha value is -2.93. The number of hydrogen-bond donors (Lipinski definition) is 1. The Labute approximate surface area is 183 Å². The summed E-state index contributed by atoms with van der Waals surface area (Å²) in [6.07, 6.45) is 1.49. The van der Waals surface area contributed by atoms with Crippen molar-refractivity contribution < 1.29 is 28.8 Å². The first-order chi connectivity index (χ1) is 15.0. The number of rotatable bonds is 9. The standard InChI is InChI=1S/C24H31NO6/c1-5-31-19-12-11-16(14-21(19)29-3)22(25-13-7-8-17(15-25)24(26)27)18-9-6-10-20(28-2)23(18)30-4/h6,9-12,14,17,22H,5,7-8,13,15H2,1-4H3,(H,26,27). The largest absolute Gasteiger partial charge is 0.493 e. The van der Waals surface area contributed by atoms with Crippen molar-refractivity contribution in [2.24, 2.45) is 5.92 Å². The van der Waals surface area contributed by atoms with Crippen molar-refractivity contribution in [1.82, 2.24) is 4.90 Å². The molecule has 0 aromatic heterocycles. The van der Waals surface area contributed by atoms with E-state index in [4.69, 9.17) is 18.9 Å². The number of ether oxygens (including phenoxy) is 4. The molecule has 1 aliphatic rings. The average molecular weight is 430 g/mol. The number of benzene rings is 2. The van der Waals surface area contributed by atoms with Gasteiger partial charge in [0.1, 0.15) is 0 Å². The molecule has 3 rings (SSSR count). The molecule has 1 heterocycles. The second kappa shape index (κ2) is 10.4. The van der Waals surface area contributed by atoms with Gasteiger partial charge in [-0.2, -0.15) is 0 Å². The lowest BCUT2D eigenvalue weighted by molar-refractivity contribution is -0.143. The third-order valence-corrected chi connectivity index (χ3v) is 5.70. The average Bonchev–Trinajstić information content (AvgIpc) is 2.80. The molecule has 0 amide bonds. The van der Waals surface area contributed by atoms with E-state index in [0.29, 0.717) is 42.6 Å². The van der Waals surface area contributed by atoms with Gasteiger partial charge in [0.15, 0.2) is 23.0 Å². The monoisotopic (exact) mass is 429 g/mol. The van der Waals surface area contributed by atoms with Crippen LogP contribution >= 0.6 is 0 Å². The molecule has 0 radical (unpaired) electrons. The van der Waals surface area contributed by atoms with Crippen LogP contribution in [0.15, 0.2) is 36.4 Å². The maximum absolute atomic E-state index is 11.7. The zero-order valence-electron chi connectivity index (χ0n) is 18.6. The molecule has 7 heteroatoms. The fourth-order valence-corrected chi connectivity index (χ4v) is 4.29. The number of likely N-dealkylation sites (tertiary alicyclic amines) is 1. The Morgan fingerprint density at radius 3 is 2.52 bits per heavy atom. The van der Waals surface area contributed by atoms with Gasteiger partial charge in [-0.05, 0) is 50.1 Å². The molecule has 2 aromatic carbocycles. The predicted molar refractivity (Wildman–Crippen MR) is 117 cm³/mol. The summed E-state index contributed by atoms with van der Waals surface area (Å²) in [5.41, 5.74) is 1.89. The van der Waals surface area contributed by atoms with E-state index < -0.39 is 11.9 Å². The minimum absolute atomic E-state index is 0.225. The summed E-state index contributed by atoms with van der Waals surface area (Å²) in [4.78, 5) is 13.9. The first-order valence-corrected chi connectivity index (χ1v) is 10.5. The zero-order valence-corrected chi connectivity index (χ0v) is 18.6. The van der Waals surface area contributed by atoms with Crippen molar-refractivity contribution in [2.75, 3.05) is 41.0 Å². The maximum atomic E-state index is 11.7. The Morgan fingerprint density at radius 1 is 1.10 bits per heavy atom. The van der Waals surface area contributed by atoms with Crippen LogP contribution in [0.25, 0.3) is 0 Å². The van der Waals surface area contributed by atoms with Crippen molar-refractivity contribution in [3.8, 4) is 23.0 Å². The molecule has 2 unspecified atom stereocenters.